The summed E-state index contributed by atoms with van der Waals surface area (Å²) in [4.78, 5) is 50.9. The third kappa shape index (κ3) is 5.31. The molecule has 0 aliphatic heterocycles. The predicted molar refractivity (Wildman–Crippen MR) is 85.3 cm³/mol. The summed E-state index contributed by atoms with van der Waals surface area (Å²) in [5.74, 6) is -2.05. The first-order valence-electron chi connectivity index (χ1n) is 7.39. The van der Waals surface area contributed by atoms with E-state index in [-0.39, 0.29) is 36.5 Å². The normalized spacial score (nSPS) is 11.1. The van der Waals surface area contributed by atoms with Gasteiger partial charge in [0.05, 0.1) is 24.4 Å². The van der Waals surface area contributed by atoms with E-state index in [2.05, 4.69) is 15.6 Å². The van der Waals surface area contributed by atoms with Gasteiger partial charge in [0.25, 0.3) is 5.91 Å². The summed E-state index contributed by atoms with van der Waals surface area (Å²) in [5.41, 5.74) is -0.316. The second-order valence-electron chi connectivity index (χ2n) is 4.46. The zero-order valence-electron chi connectivity index (χ0n) is 13.5. The molecule has 128 valence electrons. The highest BCUT2D eigenvalue weighted by Gasteiger charge is 2.26. The maximum absolute atomic E-state index is 12.4. The van der Waals surface area contributed by atoms with Crippen molar-refractivity contribution in [3.8, 4) is 0 Å². The van der Waals surface area contributed by atoms with Crippen molar-refractivity contribution in [2.45, 2.75) is 20.3 Å². The fraction of sp³-hybridized carbons (Fsp3) is 0.312. The lowest BCUT2D eigenvalue weighted by Crippen LogP contribution is -2.34. The van der Waals surface area contributed by atoms with Gasteiger partial charge in [-0.05, 0) is 19.1 Å². The van der Waals surface area contributed by atoms with E-state index in [1.165, 1.54) is 12.3 Å². The average Bonchev–Trinajstić information content (AvgIpc) is 2.60. The van der Waals surface area contributed by atoms with Crippen LogP contribution in [0, 0.1) is 0 Å². The molecule has 0 saturated heterocycles. The van der Waals surface area contributed by atoms with E-state index in [0.29, 0.717) is 6.29 Å². The lowest BCUT2D eigenvalue weighted by Gasteiger charge is -2.14. The number of esters is 1. The molecule has 0 saturated carbocycles. The molecule has 0 bridgehead atoms. The van der Waals surface area contributed by atoms with Crippen LogP contribution >= 0.6 is 0 Å². The SMILES string of the molecule is CCOC(=O)/C(NC(=O)CC)=C(\C(=O)NCC=O)c1ccccn1. The highest BCUT2D eigenvalue weighted by Crippen LogP contribution is 2.17. The maximum atomic E-state index is 12.4. The van der Waals surface area contributed by atoms with E-state index in [1.807, 2.05) is 0 Å². The monoisotopic (exact) mass is 333 g/mol. The van der Waals surface area contributed by atoms with Crippen LogP contribution in [0.2, 0.25) is 0 Å². The van der Waals surface area contributed by atoms with Crippen molar-refractivity contribution < 1.29 is 23.9 Å². The Balaban J connectivity index is 3.46. The minimum Gasteiger partial charge on any atom is -0.461 e. The van der Waals surface area contributed by atoms with Crippen LogP contribution in [0.1, 0.15) is 26.0 Å². The molecule has 8 heteroatoms. The van der Waals surface area contributed by atoms with Crippen LogP contribution in [-0.4, -0.2) is 42.2 Å². The molecule has 0 radical (unpaired) electrons. The number of pyridine rings is 1. The van der Waals surface area contributed by atoms with Gasteiger partial charge in [-0.1, -0.05) is 13.0 Å². The van der Waals surface area contributed by atoms with E-state index >= 15 is 0 Å². The van der Waals surface area contributed by atoms with E-state index in [4.69, 9.17) is 4.74 Å². The zero-order valence-corrected chi connectivity index (χ0v) is 13.5. The van der Waals surface area contributed by atoms with E-state index in [1.54, 1.807) is 26.0 Å². The first kappa shape index (κ1) is 19.0. The molecule has 1 rings (SSSR count). The molecular weight excluding hydrogens is 314 g/mol. The molecule has 0 unspecified atom stereocenters. The summed E-state index contributed by atoms with van der Waals surface area (Å²) in [6, 6.07) is 4.77. The highest BCUT2D eigenvalue weighted by atomic mass is 16.5. The number of aldehydes is 1. The van der Waals surface area contributed by atoms with Crippen LogP contribution in [0.3, 0.4) is 0 Å². The number of rotatable bonds is 8. The molecule has 0 atom stereocenters. The molecule has 2 N–H and O–H groups in total. The van der Waals surface area contributed by atoms with Crippen molar-refractivity contribution in [3.05, 3.63) is 35.8 Å². The Kier molecular flexibility index (Phi) is 7.83. The molecule has 0 aromatic carbocycles. The van der Waals surface area contributed by atoms with Crippen LogP contribution in [0.25, 0.3) is 5.57 Å². The number of nitrogens with zero attached hydrogens (tertiary/aromatic N) is 1. The van der Waals surface area contributed by atoms with Crippen molar-refractivity contribution in [1.82, 2.24) is 15.6 Å². The number of hydrogen-bond acceptors (Lipinski definition) is 6. The third-order valence-electron chi connectivity index (χ3n) is 2.81. The molecule has 24 heavy (non-hydrogen) atoms. The summed E-state index contributed by atoms with van der Waals surface area (Å²) in [6.07, 6.45) is 2.05. The Morgan fingerprint density at radius 3 is 2.54 bits per heavy atom. The van der Waals surface area contributed by atoms with Crippen molar-refractivity contribution in [2.75, 3.05) is 13.2 Å². The van der Waals surface area contributed by atoms with Crippen LogP contribution in [0.15, 0.2) is 30.1 Å². The molecular formula is C16H19N3O5. The molecule has 1 aromatic heterocycles. The average molecular weight is 333 g/mol. The van der Waals surface area contributed by atoms with Crippen molar-refractivity contribution in [1.29, 1.82) is 0 Å². The van der Waals surface area contributed by atoms with E-state index in [0.717, 1.165) is 0 Å². The van der Waals surface area contributed by atoms with Crippen molar-refractivity contribution >= 4 is 29.6 Å². The van der Waals surface area contributed by atoms with E-state index in [9.17, 15) is 19.2 Å². The molecule has 0 spiro atoms. The molecule has 0 aliphatic rings. The summed E-state index contributed by atoms with van der Waals surface area (Å²) < 4.78 is 4.92. The van der Waals surface area contributed by atoms with Crippen LogP contribution in [0.5, 0.6) is 0 Å². The summed E-state index contributed by atoms with van der Waals surface area (Å²) >= 11 is 0. The molecule has 1 heterocycles. The Morgan fingerprint density at radius 2 is 2.00 bits per heavy atom. The standard InChI is InChI=1S/C16H19N3O5/c1-3-12(21)19-14(16(23)24-4-2)13(15(22)18-9-10-20)11-7-5-6-8-17-11/h5-8,10H,3-4,9H2,1-2H3,(H,18,22)(H,19,21)/b14-13+. The first-order chi connectivity index (χ1) is 11.5. The summed E-state index contributed by atoms with van der Waals surface area (Å²) in [6.45, 7) is 3.03. The van der Waals surface area contributed by atoms with Gasteiger partial charge in [-0.2, -0.15) is 0 Å². The van der Waals surface area contributed by atoms with Gasteiger partial charge in [0.2, 0.25) is 5.91 Å². The van der Waals surface area contributed by atoms with Crippen LogP contribution in [0.4, 0.5) is 0 Å². The van der Waals surface area contributed by atoms with Gasteiger partial charge in [0.1, 0.15) is 12.0 Å². The maximum Gasteiger partial charge on any atom is 0.355 e. The minimum absolute atomic E-state index is 0.0653. The second-order valence-corrected chi connectivity index (χ2v) is 4.46. The van der Waals surface area contributed by atoms with Gasteiger partial charge in [-0.15, -0.1) is 0 Å². The van der Waals surface area contributed by atoms with E-state index < -0.39 is 17.8 Å². The lowest BCUT2D eigenvalue weighted by atomic mass is 10.1. The number of carbonyl (C=O) groups is 4. The van der Waals surface area contributed by atoms with Gasteiger partial charge in [-0.25, -0.2) is 4.79 Å². The summed E-state index contributed by atoms with van der Waals surface area (Å²) in [5, 5.41) is 4.72. The Bertz CT molecular complexity index is 640. The quantitative estimate of drug-likeness (QED) is 0.399. The zero-order chi connectivity index (χ0) is 17.9. The number of nitrogens with one attached hydrogen (secondary N) is 2. The lowest BCUT2D eigenvalue weighted by molar-refractivity contribution is -0.140. The second kappa shape index (κ2) is 9.88. The third-order valence-corrected chi connectivity index (χ3v) is 2.81. The molecule has 1 aromatic rings. The van der Waals surface area contributed by atoms with Gasteiger partial charge >= 0.3 is 5.97 Å². The smallest absolute Gasteiger partial charge is 0.355 e. The Hall–Kier alpha value is -3.03. The van der Waals surface area contributed by atoms with Gasteiger partial charge in [0.15, 0.2) is 0 Å². The minimum atomic E-state index is -0.860. The van der Waals surface area contributed by atoms with Crippen molar-refractivity contribution in [3.63, 3.8) is 0 Å². The largest absolute Gasteiger partial charge is 0.461 e. The first-order valence-corrected chi connectivity index (χ1v) is 7.39. The molecule has 0 aliphatic carbocycles. The number of aromatic nitrogens is 1. The van der Waals surface area contributed by atoms with Crippen molar-refractivity contribution in [2.24, 2.45) is 0 Å². The number of ether oxygens (including phenoxy) is 1. The fourth-order valence-electron chi connectivity index (χ4n) is 1.74. The summed E-state index contributed by atoms with van der Waals surface area (Å²) in [7, 11) is 0. The highest BCUT2D eigenvalue weighted by molar-refractivity contribution is 6.25. The van der Waals surface area contributed by atoms with Gasteiger partial charge < -0.3 is 20.2 Å². The fourth-order valence-corrected chi connectivity index (χ4v) is 1.74. The molecule has 0 fully saturated rings. The predicted octanol–water partition coefficient (Wildman–Crippen LogP) is 0.197. The van der Waals surface area contributed by atoms with Gasteiger partial charge in [0, 0.05) is 12.6 Å². The van der Waals surface area contributed by atoms with Crippen LogP contribution in [-0.2, 0) is 23.9 Å². The Labute approximate surface area is 139 Å². The number of hydrogen-bond donors (Lipinski definition) is 2. The topological polar surface area (TPSA) is 114 Å². The number of amides is 2. The Morgan fingerprint density at radius 1 is 1.25 bits per heavy atom. The van der Waals surface area contributed by atoms with Gasteiger partial charge in [-0.3, -0.25) is 14.6 Å². The molecule has 2 amide bonds. The van der Waals surface area contributed by atoms with Crippen LogP contribution < -0.4 is 10.6 Å². The number of carbonyl (C=O) groups excluding carboxylic acids is 4. The molecule has 8 nitrogen and oxygen atoms in total.